The molecule has 0 saturated heterocycles. The fourth-order valence-corrected chi connectivity index (χ4v) is 9.02. The van der Waals surface area contributed by atoms with Crippen LogP contribution >= 0.6 is 0 Å². The van der Waals surface area contributed by atoms with Crippen LogP contribution in [0.15, 0.2) is 65.9 Å². The summed E-state index contributed by atoms with van der Waals surface area (Å²) in [5.41, 5.74) is 1.90. The summed E-state index contributed by atoms with van der Waals surface area (Å²) in [6, 6.07) is 9.68. The molecule has 0 unspecified atom stereocenters. The Balaban J connectivity index is 1.73. The third kappa shape index (κ3) is 12.1. The Morgan fingerprint density at radius 1 is 0.984 bits per heavy atom. The number of nitrogens with zero attached hydrogens (tertiary/aromatic N) is 2. The fourth-order valence-electron chi connectivity index (χ4n) is 9.02. The summed E-state index contributed by atoms with van der Waals surface area (Å²) in [5, 5.41) is 27.6. The number of hydrogen-bond acceptors (Lipinski definition) is 12. The number of amides is 2. The van der Waals surface area contributed by atoms with Gasteiger partial charge < -0.3 is 43.5 Å². The highest BCUT2D eigenvalue weighted by molar-refractivity contribution is 6.03. The van der Waals surface area contributed by atoms with Gasteiger partial charge in [0.25, 0.3) is 0 Å². The summed E-state index contributed by atoms with van der Waals surface area (Å²) >= 11 is 0. The van der Waals surface area contributed by atoms with Crippen molar-refractivity contribution in [2.75, 3.05) is 52.5 Å². The van der Waals surface area contributed by atoms with Gasteiger partial charge in [-0.15, -0.1) is 6.58 Å². The van der Waals surface area contributed by atoms with Gasteiger partial charge in [-0.3, -0.25) is 10.2 Å². The standard InChI is InChI=1S/C49H71N3O11/c1-11-23-52(46(56)59-31-47(3,4)5)42-30-39(51-63-48(6,7)8)36-27-32(17-13-15-24-53)35(18-14-16-25-54)43-37-28-34(20-22-40(37)62-49(42,44(36)43)60-26-12-2)61-45(55)50-38-21-19-33(57-9)29-41(38)58-10/h12,19-22,27-29,32,35,42-44,53-54H,2,11,13-18,23-26,30-31H2,1,3-10H3,(H,50,55)/t32-,35+,42-,43+,44+,49+/m0/s1. The highest BCUT2D eigenvalue weighted by atomic mass is 16.7. The molecule has 2 amide bonds. The van der Waals surface area contributed by atoms with Crippen LogP contribution in [0.1, 0.15) is 111 Å². The van der Waals surface area contributed by atoms with Gasteiger partial charge in [0.1, 0.15) is 34.6 Å². The molecule has 0 radical (unpaired) electrons. The van der Waals surface area contributed by atoms with Crippen LogP contribution in [0.3, 0.4) is 0 Å². The van der Waals surface area contributed by atoms with E-state index < -0.39 is 35.5 Å². The molecule has 348 valence electrons. The monoisotopic (exact) mass is 878 g/mol. The summed E-state index contributed by atoms with van der Waals surface area (Å²) in [7, 11) is 3.06. The van der Waals surface area contributed by atoms with Gasteiger partial charge in [-0.2, -0.15) is 0 Å². The molecule has 3 aliphatic rings. The Hall–Kier alpha value is -4.79. The molecule has 0 bridgehead atoms. The quantitative estimate of drug-likeness (QED) is 0.0659. The number of allylic oxidation sites excluding steroid dienone is 1. The number of carbonyl (C=O) groups is 2. The van der Waals surface area contributed by atoms with Crippen molar-refractivity contribution < 1.29 is 53.1 Å². The first-order valence-corrected chi connectivity index (χ1v) is 22.4. The van der Waals surface area contributed by atoms with E-state index in [1.165, 1.54) is 7.11 Å². The molecule has 14 heteroatoms. The van der Waals surface area contributed by atoms with E-state index in [0.717, 1.165) is 36.8 Å². The first kappa shape index (κ1) is 49.2. The molecule has 0 aromatic heterocycles. The lowest BCUT2D eigenvalue weighted by Gasteiger charge is -2.60. The average molecular weight is 878 g/mol. The molecule has 1 aliphatic heterocycles. The van der Waals surface area contributed by atoms with Crippen LogP contribution in [-0.2, 0) is 14.3 Å². The maximum Gasteiger partial charge on any atom is 0.417 e. The number of benzene rings is 2. The van der Waals surface area contributed by atoms with Gasteiger partial charge in [-0.25, -0.2) is 9.59 Å². The van der Waals surface area contributed by atoms with Gasteiger partial charge in [-0.05, 0) is 106 Å². The van der Waals surface area contributed by atoms with Crippen molar-refractivity contribution in [3.63, 3.8) is 0 Å². The number of hydrogen-bond donors (Lipinski definition) is 3. The van der Waals surface area contributed by atoms with Crippen molar-refractivity contribution in [2.24, 2.45) is 28.3 Å². The van der Waals surface area contributed by atoms with E-state index in [1.54, 1.807) is 48.4 Å². The van der Waals surface area contributed by atoms with Crippen molar-refractivity contribution in [3.05, 3.63) is 66.3 Å². The van der Waals surface area contributed by atoms with Gasteiger partial charge in [0, 0.05) is 43.7 Å². The zero-order chi connectivity index (χ0) is 46.0. The topological polar surface area (TPSA) is 167 Å². The van der Waals surface area contributed by atoms with E-state index >= 15 is 0 Å². The molecule has 2 aromatic rings. The van der Waals surface area contributed by atoms with Crippen LogP contribution in [0.5, 0.6) is 23.0 Å². The van der Waals surface area contributed by atoms with Crippen LogP contribution in [0.2, 0.25) is 0 Å². The molecule has 1 heterocycles. The number of rotatable bonds is 20. The van der Waals surface area contributed by atoms with Crippen molar-refractivity contribution >= 4 is 23.6 Å². The van der Waals surface area contributed by atoms with E-state index in [4.69, 9.17) is 38.4 Å². The Kier molecular flexibility index (Phi) is 17.0. The van der Waals surface area contributed by atoms with Crippen LogP contribution in [-0.4, -0.2) is 97.6 Å². The Labute approximate surface area is 373 Å². The summed E-state index contributed by atoms with van der Waals surface area (Å²) in [6.07, 6.45) is 8.00. The van der Waals surface area contributed by atoms with Gasteiger partial charge in [-0.1, -0.05) is 57.8 Å². The normalized spacial score (nSPS) is 23.3. The SMILES string of the molecule is C=CCO[C@@]12Oc3ccc(OC(=O)Nc4ccc(OC)cc4OC)cc3[C@H]3[C@H](CCCCO)[C@@H](CCCCO)C=C(C(=NOC(C)(C)C)C[C@@H]1N(CCC)C(=O)OCC(C)(C)C)[C@H]32. The third-order valence-corrected chi connectivity index (χ3v) is 11.6. The lowest BCUT2D eigenvalue weighted by atomic mass is 9.55. The van der Waals surface area contributed by atoms with Crippen LogP contribution in [0.4, 0.5) is 15.3 Å². The minimum Gasteiger partial charge on any atom is -0.497 e. The smallest absolute Gasteiger partial charge is 0.417 e. The van der Waals surface area contributed by atoms with E-state index in [1.807, 2.05) is 54.5 Å². The number of carbonyl (C=O) groups excluding carboxylic acids is 2. The highest BCUT2D eigenvalue weighted by Gasteiger charge is 2.65. The zero-order valence-corrected chi connectivity index (χ0v) is 38.9. The predicted octanol–water partition coefficient (Wildman–Crippen LogP) is 9.64. The van der Waals surface area contributed by atoms with E-state index in [2.05, 4.69) is 18.0 Å². The van der Waals surface area contributed by atoms with Crippen LogP contribution in [0, 0.1) is 23.2 Å². The average Bonchev–Trinajstić information content (AvgIpc) is 3.24. The van der Waals surface area contributed by atoms with E-state index in [9.17, 15) is 19.8 Å². The van der Waals surface area contributed by atoms with Crippen molar-refractivity contribution in [1.82, 2.24) is 4.90 Å². The summed E-state index contributed by atoms with van der Waals surface area (Å²) < 4.78 is 37.2. The third-order valence-electron chi connectivity index (χ3n) is 11.6. The summed E-state index contributed by atoms with van der Waals surface area (Å²) in [4.78, 5) is 36.0. The van der Waals surface area contributed by atoms with Crippen molar-refractivity contribution in [2.45, 2.75) is 123 Å². The van der Waals surface area contributed by atoms with Crippen molar-refractivity contribution in [1.29, 1.82) is 0 Å². The Morgan fingerprint density at radius 3 is 2.33 bits per heavy atom. The number of nitrogens with one attached hydrogen (secondary N) is 1. The number of fused-ring (bicyclic) bond motifs is 2. The second-order valence-corrected chi connectivity index (χ2v) is 18.9. The molecule has 2 aliphatic carbocycles. The predicted molar refractivity (Wildman–Crippen MR) is 243 cm³/mol. The number of aliphatic hydroxyl groups is 2. The number of methoxy groups -OCH3 is 2. The molecular weight excluding hydrogens is 807 g/mol. The molecule has 5 rings (SSSR count). The number of ether oxygens (including phenoxy) is 6. The van der Waals surface area contributed by atoms with Gasteiger partial charge >= 0.3 is 12.2 Å². The first-order valence-electron chi connectivity index (χ1n) is 22.4. The van der Waals surface area contributed by atoms with Crippen molar-refractivity contribution in [3.8, 4) is 23.0 Å². The molecule has 1 saturated carbocycles. The molecule has 0 spiro atoms. The minimum absolute atomic E-state index is 0.0184. The molecule has 14 nitrogen and oxygen atoms in total. The molecule has 3 N–H and O–H groups in total. The maximum atomic E-state index is 14.4. The number of unbranched alkanes of at least 4 members (excludes halogenated alkanes) is 2. The molecular formula is C49H71N3O11. The highest BCUT2D eigenvalue weighted by Crippen LogP contribution is 2.62. The van der Waals surface area contributed by atoms with E-state index in [-0.39, 0.29) is 56.0 Å². The van der Waals surface area contributed by atoms with Crippen LogP contribution < -0.4 is 24.3 Å². The lowest BCUT2D eigenvalue weighted by molar-refractivity contribution is -0.255. The molecule has 2 aromatic carbocycles. The Bertz CT molecular complexity index is 1940. The van der Waals surface area contributed by atoms with E-state index in [0.29, 0.717) is 60.2 Å². The fraction of sp³-hybridized carbons (Fsp3) is 0.612. The largest absolute Gasteiger partial charge is 0.497 e. The van der Waals surface area contributed by atoms with Crippen LogP contribution in [0.25, 0.3) is 0 Å². The first-order chi connectivity index (χ1) is 30.0. The zero-order valence-electron chi connectivity index (χ0n) is 38.9. The molecule has 1 fully saturated rings. The number of aliphatic hydroxyl groups excluding tert-OH is 2. The second kappa shape index (κ2) is 21.7. The molecule has 6 atom stereocenters. The Morgan fingerprint density at radius 2 is 1.70 bits per heavy atom. The minimum atomic E-state index is -1.45. The van der Waals surface area contributed by atoms with Gasteiger partial charge in [0.15, 0.2) is 0 Å². The second-order valence-electron chi connectivity index (χ2n) is 18.9. The summed E-state index contributed by atoms with van der Waals surface area (Å²) in [6.45, 7) is 18.7. The maximum absolute atomic E-state index is 14.4. The van der Waals surface area contributed by atoms with Gasteiger partial charge in [0.2, 0.25) is 5.79 Å². The lowest BCUT2D eigenvalue weighted by Crippen LogP contribution is -2.70. The number of anilines is 1. The summed E-state index contributed by atoms with van der Waals surface area (Å²) in [5.74, 6) is -0.526. The number of oxime groups is 1. The van der Waals surface area contributed by atoms with Gasteiger partial charge in [0.05, 0.1) is 44.8 Å². The molecule has 63 heavy (non-hydrogen) atoms.